The molecule has 2 amide bonds. The van der Waals surface area contributed by atoms with E-state index < -0.39 is 0 Å². The summed E-state index contributed by atoms with van der Waals surface area (Å²) in [4.78, 5) is 28.0. The minimum atomic E-state index is -0.360. The maximum atomic E-state index is 11.7. The van der Waals surface area contributed by atoms with Crippen LogP contribution in [0.15, 0.2) is 11.6 Å². The van der Waals surface area contributed by atoms with Crippen LogP contribution >= 0.6 is 11.3 Å². The average molecular weight is 294 g/mol. The zero-order valence-electron chi connectivity index (χ0n) is 10.9. The third-order valence-electron chi connectivity index (χ3n) is 3.27. The number of imidazole rings is 1. The van der Waals surface area contributed by atoms with E-state index in [0.29, 0.717) is 25.3 Å². The lowest BCUT2D eigenvalue weighted by Crippen LogP contribution is -2.50. The number of imide groups is 1. The first-order valence-corrected chi connectivity index (χ1v) is 7.12. The first-order valence-electron chi connectivity index (χ1n) is 6.24. The van der Waals surface area contributed by atoms with Gasteiger partial charge in [0.2, 0.25) is 17.7 Å². The topological polar surface area (TPSA) is 84.7 Å². The van der Waals surface area contributed by atoms with Crippen molar-refractivity contribution < 1.29 is 14.3 Å². The molecule has 0 radical (unpaired) electrons. The lowest BCUT2D eigenvalue weighted by molar-refractivity contribution is -0.134. The zero-order valence-corrected chi connectivity index (χ0v) is 11.7. The number of hydrogen-bond donors (Lipinski definition) is 2. The second-order valence-electron chi connectivity index (χ2n) is 4.51. The molecule has 1 aliphatic heterocycles. The molecular formula is C12H14N4O3S. The lowest BCUT2D eigenvalue weighted by atomic mass is 10.1. The molecular weight excluding hydrogens is 280 g/mol. The Kier molecular flexibility index (Phi) is 3.41. The van der Waals surface area contributed by atoms with Crippen molar-refractivity contribution >= 4 is 28.1 Å². The van der Waals surface area contributed by atoms with Crippen molar-refractivity contribution in [3.63, 3.8) is 0 Å². The fourth-order valence-corrected chi connectivity index (χ4v) is 2.97. The maximum Gasteiger partial charge on any atom is 0.243 e. The normalized spacial score (nSPS) is 19.4. The van der Waals surface area contributed by atoms with Crippen LogP contribution in [0.5, 0.6) is 5.88 Å². The molecule has 0 saturated carbocycles. The van der Waals surface area contributed by atoms with Gasteiger partial charge >= 0.3 is 0 Å². The van der Waals surface area contributed by atoms with E-state index in [4.69, 9.17) is 4.74 Å². The Labute approximate surface area is 118 Å². The highest BCUT2D eigenvalue weighted by Crippen LogP contribution is 2.23. The highest BCUT2D eigenvalue weighted by Gasteiger charge is 2.26. The van der Waals surface area contributed by atoms with Gasteiger partial charge in [0.05, 0.1) is 13.2 Å². The lowest BCUT2D eigenvalue weighted by Gasteiger charge is -2.21. The van der Waals surface area contributed by atoms with Gasteiger partial charge in [-0.1, -0.05) is 0 Å². The van der Waals surface area contributed by atoms with E-state index in [2.05, 4.69) is 15.6 Å². The van der Waals surface area contributed by atoms with Gasteiger partial charge < -0.3 is 4.74 Å². The van der Waals surface area contributed by atoms with Gasteiger partial charge in [-0.15, -0.1) is 11.3 Å². The molecule has 7 nitrogen and oxygen atoms in total. The van der Waals surface area contributed by atoms with Crippen LogP contribution < -0.4 is 15.4 Å². The smallest absolute Gasteiger partial charge is 0.243 e. The number of thiazole rings is 1. The van der Waals surface area contributed by atoms with Crippen molar-refractivity contribution in [3.8, 4) is 5.88 Å². The van der Waals surface area contributed by atoms with Crippen molar-refractivity contribution in [1.82, 2.24) is 20.0 Å². The average Bonchev–Trinajstić information content (AvgIpc) is 2.98. The number of nitrogens with zero attached hydrogens (tertiary/aromatic N) is 2. The van der Waals surface area contributed by atoms with Crippen LogP contribution in [0.1, 0.15) is 18.5 Å². The number of nitrogens with one attached hydrogen (secondary N) is 2. The molecule has 3 rings (SSSR count). The van der Waals surface area contributed by atoms with E-state index in [1.165, 1.54) is 11.3 Å². The molecule has 2 N–H and O–H groups in total. The summed E-state index contributed by atoms with van der Waals surface area (Å²) in [7, 11) is 1.57. The van der Waals surface area contributed by atoms with Crippen molar-refractivity contribution in [2.24, 2.45) is 0 Å². The molecule has 2 aromatic heterocycles. The summed E-state index contributed by atoms with van der Waals surface area (Å²) in [5.41, 5.74) is 0.869. The second-order valence-corrected chi connectivity index (χ2v) is 5.38. The predicted molar refractivity (Wildman–Crippen MR) is 72.6 cm³/mol. The maximum absolute atomic E-state index is 11.7. The number of carbonyl (C=O) groups is 2. The van der Waals surface area contributed by atoms with E-state index in [1.807, 2.05) is 16.0 Å². The quantitative estimate of drug-likeness (QED) is 0.792. The highest BCUT2D eigenvalue weighted by molar-refractivity contribution is 7.15. The van der Waals surface area contributed by atoms with Gasteiger partial charge in [-0.3, -0.25) is 24.6 Å². The summed E-state index contributed by atoms with van der Waals surface area (Å²) in [6.07, 6.45) is 2.79. The number of aromatic nitrogens is 2. The van der Waals surface area contributed by atoms with Crippen LogP contribution in [-0.2, 0) is 16.1 Å². The fraction of sp³-hybridized carbons (Fsp3) is 0.417. The molecule has 0 spiro atoms. The SMILES string of the molecule is COc1nc2sccn2c1CNC1CCC(=O)NC1=O. The summed E-state index contributed by atoms with van der Waals surface area (Å²) in [5.74, 6) is 0.0677. The summed E-state index contributed by atoms with van der Waals surface area (Å²) in [6, 6.07) is -0.360. The van der Waals surface area contributed by atoms with E-state index >= 15 is 0 Å². The number of fused-ring (bicyclic) bond motifs is 1. The third-order valence-corrected chi connectivity index (χ3v) is 4.03. The molecule has 1 aliphatic rings. The minimum Gasteiger partial charge on any atom is -0.480 e. The Bertz CT molecular complexity index is 663. The van der Waals surface area contributed by atoms with E-state index in [9.17, 15) is 9.59 Å². The molecule has 8 heteroatoms. The number of methoxy groups -OCH3 is 1. The Balaban J connectivity index is 1.74. The van der Waals surface area contributed by atoms with Gasteiger partial charge in [0, 0.05) is 24.5 Å². The number of rotatable bonds is 4. The number of piperidine rings is 1. The van der Waals surface area contributed by atoms with Gasteiger partial charge in [0.1, 0.15) is 5.69 Å². The van der Waals surface area contributed by atoms with Crippen LogP contribution in [0.2, 0.25) is 0 Å². The Morgan fingerprint density at radius 3 is 3.20 bits per heavy atom. The molecule has 1 atom stereocenters. The number of carbonyl (C=O) groups excluding carboxylic acids is 2. The highest BCUT2D eigenvalue weighted by atomic mass is 32.1. The van der Waals surface area contributed by atoms with E-state index in [1.54, 1.807) is 7.11 Å². The number of hydrogen-bond acceptors (Lipinski definition) is 6. The van der Waals surface area contributed by atoms with Crippen LogP contribution in [0.3, 0.4) is 0 Å². The summed E-state index contributed by atoms with van der Waals surface area (Å²) in [5, 5.41) is 7.42. The summed E-state index contributed by atoms with van der Waals surface area (Å²) < 4.78 is 7.19. The predicted octanol–water partition coefficient (Wildman–Crippen LogP) is 0.299. The van der Waals surface area contributed by atoms with Gasteiger partial charge in [0.15, 0.2) is 4.96 Å². The van der Waals surface area contributed by atoms with Crippen LogP contribution in [0.4, 0.5) is 0 Å². The monoisotopic (exact) mass is 294 g/mol. The summed E-state index contributed by atoms with van der Waals surface area (Å²) >= 11 is 1.52. The Morgan fingerprint density at radius 2 is 2.45 bits per heavy atom. The standard InChI is InChI=1S/C12H14N4O3S/c1-19-11-8(16-4-5-20-12(16)15-11)6-13-7-2-3-9(17)14-10(7)18/h4-5,7,13H,2-3,6H2,1H3,(H,14,17,18). The molecule has 1 saturated heterocycles. The molecule has 1 unspecified atom stereocenters. The second kappa shape index (κ2) is 5.22. The van der Waals surface area contributed by atoms with Gasteiger partial charge in [-0.05, 0) is 6.42 Å². The van der Waals surface area contributed by atoms with Crippen molar-refractivity contribution in [2.45, 2.75) is 25.4 Å². The fourth-order valence-electron chi connectivity index (χ4n) is 2.25. The molecule has 0 aromatic carbocycles. The first kappa shape index (κ1) is 13.1. The van der Waals surface area contributed by atoms with Crippen molar-refractivity contribution in [2.75, 3.05) is 7.11 Å². The first-order chi connectivity index (χ1) is 9.69. The largest absolute Gasteiger partial charge is 0.480 e. The molecule has 3 heterocycles. The zero-order chi connectivity index (χ0) is 14.1. The number of amides is 2. The summed E-state index contributed by atoms with van der Waals surface area (Å²) in [6.45, 7) is 0.452. The molecule has 106 valence electrons. The minimum absolute atomic E-state index is 0.213. The van der Waals surface area contributed by atoms with Crippen LogP contribution in [-0.4, -0.2) is 34.4 Å². The number of ether oxygens (including phenoxy) is 1. The van der Waals surface area contributed by atoms with E-state index in [-0.39, 0.29) is 17.9 Å². The van der Waals surface area contributed by atoms with Crippen LogP contribution in [0.25, 0.3) is 4.96 Å². The van der Waals surface area contributed by atoms with Crippen LogP contribution in [0, 0.1) is 0 Å². The van der Waals surface area contributed by atoms with Crippen molar-refractivity contribution in [3.05, 3.63) is 17.3 Å². The molecule has 2 aromatic rings. The molecule has 0 bridgehead atoms. The third kappa shape index (κ3) is 2.27. The van der Waals surface area contributed by atoms with Gasteiger partial charge in [-0.2, -0.15) is 4.98 Å². The Hall–Kier alpha value is -1.93. The molecule has 20 heavy (non-hydrogen) atoms. The molecule has 1 fully saturated rings. The van der Waals surface area contributed by atoms with Crippen molar-refractivity contribution in [1.29, 1.82) is 0 Å². The van der Waals surface area contributed by atoms with Gasteiger partial charge in [0.25, 0.3) is 0 Å². The van der Waals surface area contributed by atoms with Gasteiger partial charge in [-0.25, -0.2) is 0 Å². The Morgan fingerprint density at radius 1 is 1.60 bits per heavy atom. The molecule has 0 aliphatic carbocycles. The van der Waals surface area contributed by atoms with E-state index in [0.717, 1.165) is 10.7 Å².